The fourth-order valence-electron chi connectivity index (χ4n) is 3.95. The van der Waals surface area contributed by atoms with Crippen LogP contribution in [0.2, 0.25) is 0 Å². The van der Waals surface area contributed by atoms with Crippen LogP contribution in [0.5, 0.6) is 23.0 Å². The lowest BCUT2D eigenvalue weighted by Crippen LogP contribution is -2.26. The molecule has 0 saturated heterocycles. The van der Waals surface area contributed by atoms with Gasteiger partial charge in [0, 0.05) is 12.5 Å². The molecule has 0 aliphatic heterocycles. The standard InChI is InChI=1S/C23H27NO6.C2H6/c1-6-30-23-21-14(11-20(28-4)22(23)29-5)7-9-17(24-13(2)25)16-12-18(26)19(27-3)10-8-15(16)21;1-2/h8,10-12,17H,6-7,9H2,1-5H3,(H,24,25);1-2H3. The topological polar surface area (TPSA) is 83.1 Å². The summed E-state index contributed by atoms with van der Waals surface area (Å²) in [5.41, 5.74) is 3.06. The van der Waals surface area contributed by atoms with Gasteiger partial charge in [0.05, 0.1) is 34.0 Å². The van der Waals surface area contributed by atoms with Crippen LogP contribution in [-0.4, -0.2) is 33.8 Å². The maximum Gasteiger partial charge on any atom is 0.220 e. The Balaban J connectivity index is 0.00000176. The molecule has 174 valence electrons. The van der Waals surface area contributed by atoms with Gasteiger partial charge < -0.3 is 24.3 Å². The van der Waals surface area contributed by atoms with E-state index in [9.17, 15) is 9.59 Å². The van der Waals surface area contributed by atoms with E-state index in [2.05, 4.69) is 5.32 Å². The molecule has 0 radical (unpaired) electrons. The number of carbonyl (C=O) groups is 1. The quantitative estimate of drug-likeness (QED) is 0.717. The molecule has 0 aromatic heterocycles. The number of aryl methyl sites for hydroxylation is 1. The Morgan fingerprint density at radius 2 is 1.72 bits per heavy atom. The first-order valence-electron chi connectivity index (χ1n) is 10.8. The fraction of sp³-hybridized carbons (Fsp3) is 0.440. The van der Waals surface area contributed by atoms with Crippen LogP contribution in [0.15, 0.2) is 29.1 Å². The molecular formula is C25H33NO6. The summed E-state index contributed by atoms with van der Waals surface area (Å²) in [5, 5.41) is 2.98. The lowest BCUT2D eigenvalue weighted by molar-refractivity contribution is -0.119. The zero-order chi connectivity index (χ0) is 23.8. The van der Waals surface area contributed by atoms with Gasteiger partial charge in [0.15, 0.2) is 17.2 Å². The molecule has 0 fully saturated rings. The van der Waals surface area contributed by atoms with Crippen molar-refractivity contribution < 1.29 is 23.7 Å². The number of rotatable bonds is 6. The molecule has 7 nitrogen and oxygen atoms in total. The number of benzene rings is 1. The molecule has 1 unspecified atom stereocenters. The lowest BCUT2D eigenvalue weighted by Gasteiger charge is -2.20. The van der Waals surface area contributed by atoms with Gasteiger partial charge in [0.1, 0.15) is 0 Å². The van der Waals surface area contributed by atoms with E-state index in [1.54, 1.807) is 20.3 Å². The summed E-state index contributed by atoms with van der Waals surface area (Å²) in [6.45, 7) is 7.79. The second-order valence-corrected chi connectivity index (χ2v) is 6.98. The van der Waals surface area contributed by atoms with Gasteiger partial charge in [-0.25, -0.2) is 0 Å². The van der Waals surface area contributed by atoms with Crippen LogP contribution in [0.1, 0.15) is 51.3 Å². The van der Waals surface area contributed by atoms with Crippen LogP contribution in [0.25, 0.3) is 11.1 Å². The van der Waals surface area contributed by atoms with Crippen LogP contribution in [0.3, 0.4) is 0 Å². The highest BCUT2D eigenvalue weighted by atomic mass is 16.5. The zero-order valence-electron chi connectivity index (χ0n) is 20.0. The Labute approximate surface area is 189 Å². The lowest BCUT2D eigenvalue weighted by atomic mass is 9.95. The Morgan fingerprint density at radius 1 is 1.03 bits per heavy atom. The van der Waals surface area contributed by atoms with Crippen molar-refractivity contribution in [1.82, 2.24) is 5.32 Å². The maximum atomic E-state index is 12.7. The number of ether oxygens (including phenoxy) is 4. The van der Waals surface area contributed by atoms with E-state index in [-0.39, 0.29) is 23.1 Å². The van der Waals surface area contributed by atoms with Gasteiger partial charge in [-0.05, 0) is 54.7 Å². The highest BCUT2D eigenvalue weighted by Gasteiger charge is 2.29. The van der Waals surface area contributed by atoms with Gasteiger partial charge in [-0.2, -0.15) is 0 Å². The van der Waals surface area contributed by atoms with Crippen molar-refractivity contribution in [2.45, 2.75) is 46.6 Å². The highest BCUT2D eigenvalue weighted by Crippen LogP contribution is 2.50. The molecule has 0 bridgehead atoms. The predicted octanol–water partition coefficient (Wildman–Crippen LogP) is 4.29. The third-order valence-corrected chi connectivity index (χ3v) is 5.18. The first-order chi connectivity index (χ1) is 15.4. The largest absolute Gasteiger partial charge is 0.493 e. The third-order valence-electron chi connectivity index (χ3n) is 5.18. The van der Waals surface area contributed by atoms with Crippen LogP contribution < -0.4 is 29.7 Å². The fourth-order valence-corrected chi connectivity index (χ4v) is 3.95. The highest BCUT2D eigenvalue weighted by molar-refractivity contribution is 5.83. The number of hydrogen-bond acceptors (Lipinski definition) is 6. The van der Waals surface area contributed by atoms with Gasteiger partial charge >= 0.3 is 0 Å². The molecule has 7 heteroatoms. The van der Waals surface area contributed by atoms with E-state index in [0.717, 1.165) is 16.7 Å². The molecular weight excluding hydrogens is 410 g/mol. The van der Waals surface area contributed by atoms with E-state index in [0.29, 0.717) is 42.3 Å². The molecule has 0 heterocycles. The molecule has 2 aromatic carbocycles. The summed E-state index contributed by atoms with van der Waals surface area (Å²) in [6, 6.07) is 6.62. The minimum Gasteiger partial charge on any atom is -0.493 e. The summed E-state index contributed by atoms with van der Waals surface area (Å²) in [6.07, 6.45) is 1.27. The molecule has 0 saturated carbocycles. The molecule has 1 aliphatic carbocycles. The minimum absolute atomic E-state index is 0.164. The average molecular weight is 444 g/mol. The second-order valence-electron chi connectivity index (χ2n) is 6.98. The van der Waals surface area contributed by atoms with E-state index < -0.39 is 0 Å². The summed E-state index contributed by atoms with van der Waals surface area (Å²) in [7, 11) is 4.61. The molecule has 32 heavy (non-hydrogen) atoms. The molecule has 1 N–H and O–H groups in total. The van der Waals surface area contributed by atoms with E-state index >= 15 is 0 Å². The number of hydrogen-bond donors (Lipinski definition) is 1. The van der Waals surface area contributed by atoms with Crippen molar-refractivity contribution in [3.05, 3.63) is 45.6 Å². The van der Waals surface area contributed by atoms with Crippen molar-refractivity contribution >= 4 is 5.91 Å². The number of fused-ring (bicyclic) bond motifs is 3. The van der Waals surface area contributed by atoms with Crippen LogP contribution in [-0.2, 0) is 11.2 Å². The van der Waals surface area contributed by atoms with Crippen molar-refractivity contribution in [2.75, 3.05) is 27.9 Å². The van der Waals surface area contributed by atoms with Gasteiger partial charge in [0.2, 0.25) is 17.1 Å². The molecule has 0 spiro atoms. The number of carbonyl (C=O) groups excluding carboxylic acids is 1. The van der Waals surface area contributed by atoms with E-state index in [1.807, 2.05) is 32.9 Å². The normalized spacial score (nSPS) is 13.9. The van der Waals surface area contributed by atoms with Crippen LogP contribution in [0.4, 0.5) is 0 Å². The Morgan fingerprint density at radius 3 is 2.28 bits per heavy atom. The van der Waals surface area contributed by atoms with Gasteiger partial charge in [0.25, 0.3) is 0 Å². The van der Waals surface area contributed by atoms with E-state index in [1.165, 1.54) is 20.1 Å². The number of nitrogens with one attached hydrogen (secondary N) is 1. The Bertz CT molecular complexity index is 1020. The third kappa shape index (κ3) is 4.98. The maximum absolute atomic E-state index is 12.7. The Hall–Kier alpha value is -3.22. The predicted molar refractivity (Wildman–Crippen MR) is 125 cm³/mol. The molecule has 1 aliphatic rings. The molecule has 1 amide bonds. The molecule has 2 aromatic rings. The number of amides is 1. The van der Waals surface area contributed by atoms with Crippen molar-refractivity contribution in [3.63, 3.8) is 0 Å². The zero-order valence-corrected chi connectivity index (χ0v) is 20.0. The summed E-state index contributed by atoms with van der Waals surface area (Å²) >= 11 is 0. The Kier molecular flexibility index (Phi) is 8.93. The smallest absolute Gasteiger partial charge is 0.220 e. The summed E-state index contributed by atoms with van der Waals surface area (Å²) < 4.78 is 22.4. The van der Waals surface area contributed by atoms with Crippen LogP contribution >= 0.6 is 0 Å². The van der Waals surface area contributed by atoms with Crippen molar-refractivity contribution in [3.8, 4) is 34.1 Å². The molecule has 3 rings (SSSR count). The van der Waals surface area contributed by atoms with E-state index in [4.69, 9.17) is 18.9 Å². The van der Waals surface area contributed by atoms with Gasteiger partial charge in [-0.1, -0.05) is 19.9 Å². The summed E-state index contributed by atoms with van der Waals surface area (Å²) in [4.78, 5) is 24.6. The van der Waals surface area contributed by atoms with Crippen molar-refractivity contribution in [2.24, 2.45) is 0 Å². The second kappa shape index (κ2) is 11.4. The van der Waals surface area contributed by atoms with Gasteiger partial charge in [-0.3, -0.25) is 9.59 Å². The van der Waals surface area contributed by atoms with Crippen molar-refractivity contribution in [1.29, 1.82) is 0 Å². The van der Waals surface area contributed by atoms with Crippen LogP contribution in [0, 0.1) is 0 Å². The number of methoxy groups -OCH3 is 3. The monoisotopic (exact) mass is 443 g/mol. The first kappa shape index (κ1) is 25.0. The molecule has 1 atom stereocenters. The first-order valence-corrected chi connectivity index (χ1v) is 10.8. The SMILES string of the molecule is CC.CCOc1c(OC)c(OC)cc2c1-c1ccc(OC)c(=O)cc1C(NC(C)=O)CC2. The summed E-state index contributed by atoms with van der Waals surface area (Å²) in [5.74, 6) is 1.67. The average Bonchev–Trinajstić information content (AvgIpc) is 3.03. The minimum atomic E-state index is -0.332. The van der Waals surface area contributed by atoms with Gasteiger partial charge in [-0.15, -0.1) is 0 Å².